The van der Waals surface area contributed by atoms with Gasteiger partial charge in [0, 0.05) is 21.1 Å². The molecule has 0 saturated heterocycles. The van der Waals surface area contributed by atoms with E-state index < -0.39 is 30.2 Å². The van der Waals surface area contributed by atoms with Crippen molar-refractivity contribution in [2.45, 2.75) is 0 Å². The third-order valence-electron chi connectivity index (χ3n) is 2.73. The Balaban J connectivity index is 4.36. The van der Waals surface area contributed by atoms with Crippen LogP contribution in [-0.4, -0.2) is 97.2 Å². The van der Waals surface area contributed by atoms with Gasteiger partial charge in [-0.25, -0.2) is 0 Å². The van der Waals surface area contributed by atoms with E-state index in [4.69, 9.17) is 5.11 Å². The number of rotatable bonds is 9. The van der Waals surface area contributed by atoms with Crippen LogP contribution in [0.15, 0.2) is 0 Å². The number of carbonyl (C=O) groups is 5. The van der Waals surface area contributed by atoms with Crippen LogP contribution in [-0.2, 0) is 24.0 Å². The molecule has 0 atom stereocenters. The molecule has 0 fully saturated rings. The maximum atomic E-state index is 11.9. The second-order valence-corrected chi connectivity index (χ2v) is 4.64. The minimum Gasteiger partial charge on any atom is -0.480 e. The lowest BCUT2D eigenvalue weighted by atomic mass is 10.4. The first-order chi connectivity index (χ1) is 10.2. The van der Waals surface area contributed by atoms with Crippen molar-refractivity contribution in [3.05, 3.63) is 0 Å². The Bertz CT molecular complexity index is 453. The number of hydrogen-bond donors (Lipinski definition) is 2. The van der Waals surface area contributed by atoms with Gasteiger partial charge >= 0.3 is 5.97 Å². The van der Waals surface area contributed by atoms with Crippen molar-refractivity contribution in [1.82, 2.24) is 20.0 Å². The smallest absolute Gasteiger partial charge is 0.323 e. The molecular formula is C12H20N4O6. The van der Waals surface area contributed by atoms with Gasteiger partial charge in [-0.15, -0.1) is 0 Å². The number of carboxylic acids is 1. The lowest BCUT2D eigenvalue weighted by Crippen LogP contribution is -2.46. The summed E-state index contributed by atoms with van der Waals surface area (Å²) in [4.78, 5) is 58.8. The van der Waals surface area contributed by atoms with E-state index in [1.54, 1.807) is 0 Å². The summed E-state index contributed by atoms with van der Waals surface area (Å²) >= 11 is 0. The second-order valence-electron chi connectivity index (χ2n) is 4.64. The SMILES string of the molecule is CN(CC(=O)O)C(=O)CN(C)C(=O)CN(C)C(=O)CNC=O. The summed E-state index contributed by atoms with van der Waals surface area (Å²) in [5.74, 6) is -2.63. The molecule has 4 amide bonds. The highest BCUT2D eigenvalue weighted by atomic mass is 16.4. The van der Waals surface area contributed by atoms with Gasteiger partial charge < -0.3 is 25.1 Å². The van der Waals surface area contributed by atoms with Gasteiger partial charge in [0.15, 0.2) is 0 Å². The lowest BCUT2D eigenvalue weighted by molar-refractivity contribution is -0.145. The van der Waals surface area contributed by atoms with Crippen LogP contribution in [0.25, 0.3) is 0 Å². The molecule has 0 bridgehead atoms. The van der Waals surface area contributed by atoms with Gasteiger partial charge in [0.2, 0.25) is 24.1 Å². The number of carbonyl (C=O) groups excluding carboxylic acids is 4. The summed E-state index contributed by atoms with van der Waals surface area (Å²) in [6.45, 7) is -1.24. The third kappa shape index (κ3) is 7.22. The fourth-order valence-electron chi connectivity index (χ4n) is 1.38. The fourth-order valence-corrected chi connectivity index (χ4v) is 1.38. The van der Waals surface area contributed by atoms with Crippen LogP contribution >= 0.6 is 0 Å². The normalized spacial score (nSPS) is 9.59. The van der Waals surface area contributed by atoms with E-state index in [2.05, 4.69) is 5.32 Å². The van der Waals surface area contributed by atoms with E-state index in [1.165, 1.54) is 21.1 Å². The molecule has 124 valence electrons. The van der Waals surface area contributed by atoms with Gasteiger partial charge in [-0.2, -0.15) is 0 Å². The lowest BCUT2D eigenvalue weighted by Gasteiger charge is -2.23. The molecule has 0 aliphatic heterocycles. The first kappa shape index (κ1) is 19.4. The average Bonchev–Trinajstić information content (AvgIpc) is 2.43. The zero-order valence-electron chi connectivity index (χ0n) is 12.7. The van der Waals surface area contributed by atoms with Crippen molar-refractivity contribution in [3.8, 4) is 0 Å². The topological polar surface area (TPSA) is 127 Å². The molecular weight excluding hydrogens is 296 g/mol. The van der Waals surface area contributed by atoms with Gasteiger partial charge in [0.25, 0.3) is 0 Å². The summed E-state index contributed by atoms with van der Waals surface area (Å²) < 4.78 is 0. The first-order valence-corrected chi connectivity index (χ1v) is 6.29. The van der Waals surface area contributed by atoms with Gasteiger partial charge in [-0.05, 0) is 0 Å². The molecule has 2 N–H and O–H groups in total. The van der Waals surface area contributed by atoms with Crippen molar-refractivity contribution in [2.75, 3.05) is 47.3 Å². The molecule has 0 aliphatic rings. The Hall–Kier alpha value is -2.65. The largest absolute Gasteiger partial charge is 0.480 e. The Morgan fingerprint density at radius 1 is 0.864 bits per heavy atom. The number of carboxylic acid groups (broad SMARTS) is 1. The first-order valence-electron chi connectivity index (χ1n) is 6.29. The number of hydrogen-bond acceptors (Lipinski definition) is 5. The van der Waals surface area contributed by atoms with Crippen molar-refractivity contribution in [2.24, 2.45) is 0 Å². The van der Waals surface area contributed by atoms with E-state index in [-0.39, 0.29) is 19.6 Å². The maximum absolute atomic E-state index is 11.9. The Morgan fingerprint density at radius 2 is 1.27 bits per heavy atom. The monoisotopic (exact) mass is 316 g/mol. The quantitative estimate of drug-likeness (QED) is 0.442. The minimum absolute atomic E-state index is 0.225. The third-order valence-corrected chi connectivity index (χ3v) is 2.73. The summed E-state index contributed by atoms with van der Waals surface area (Å²) in [6, 6.07) is 0. The molecule has 0 aromatic heterocycles. The molecule has 22 heavy (non-hydrogen) atoms. The predicted molar refractivity (Wildman–Crippen MR) is 74.6 cm³/mol. The zero-order valence-corrected chi connectivity index (χ0v) is 12.7. The standard InChI is InChI=1S/C12H20N4O6/c1-14(9(18)4-13-8-17)5-10(19)15(2)6-11(20)16(3)7-12(21)22/h8H,4-7H2,1-3H3,(H,13,17)(H,21,22). The number of likely N-dealkylation sites (N-methyl/N-ethyl adjacent to an activating group) is 3. The highest BCUT2D eigenvalue weighted by Gasteiger charge is 2.20. The Kier molecular flexibility index (Phi) is 8.19. The van der Waals surface area contributed by atoms with Crippen LogP contribution in [0.2, 0.25) is 0 Å². The van der Waals surface area contributed by atoms with Crippen LogP contribution in [0.1, 0.15) is 0 Å². The summed E-state index contributed by atoms with van der Waals surface area (Å²) in [5.41, 5.74) is 0. The molecule has 0 heterocycles. The molecule has 0 aromatic carbocycles. The summed E-state index contributed by atoms with van der Waals surface area (Å²) in [5, 5.41) is 10.8. The molecule has 0 spiro atoms. The number of nitrogens with zero attached hydrogens (tertiary/aromatic N) is 3. The van der Waals surface area contributed by atoms with Gasteiger partial charge in [-0.1, -0.05) is 0 Å². The molecule has 0 unspecified atom stereocenters. The van der Waals surface area contributed by atoms with Gasteiger partial charge in [-0.3, -0.25) is 24.0 Å². The van der Waals surface area contributed by atoms with E-state index in [0.29, 0.717) is 6.41 Å². The molecule has 10 heteroatoms. The van der Waals surface area contributed by atoms with Gasteiger partial charge in [0.1, 0.15) is 6.54 Å². The van der Waals surface area contributed by atoms with Crippen molar-refractivity contribution < 1.29 is 29.1 Å². The summed E-state index contributed by atoms with van der Waals surface area (Å²) in [6.07, 6.45) is 0.372. The molecule has 0 rings (SSSR count). The van der Waals surface area contributed by atoms with E-state index in [0.717, 1.165) is 14.7 Å². The van der Waals surface area contributed by atoms with E-state index in [1.807, 2.05) is 0 Å². The molecule has 0 saturated carbocycles. The fraction of sp³-hybridized carbons (Fsp3) is 0.583. The van der Waals surface area contributed by atoms with Crippen LogP contribution < -0.4 is 5.32 Å². The number of aliphatic carboxylic acids is 1. The van der Waals surface area contributed by atoms with Gasteiger partial charge in [0.05, 0.1) is 19.6 Å². The Labute approximate surface area is 127 Å². The number of nitrogens with one attached hydrogen (secondary N) is 1. The highest BCUT2D eigenvalue weighted by Crippen LogP contribution is 1.94. The summed E-state index contributed by atoms with van der Waals surface area (Å²) in [7, 11) is 4.07. The molecule has 0 radical (unpaired) electrons. The van der Waals surface area contributed by atoms with E-state index in [9.17, 15) is 24.0 Å². The minimum atomic E-state index is -1.15. The van der Waals surface area contributed by atoms with E-state index >= 15 is 0 Å². The average molecular weight is 316 g/mol. The van der Waals surface area contributed by atoms with Crippen LogP contribution in [0.3, 0.4) is 0 Å². The molecule has 0 aromatic rings. The highest BCUT2D eigenvalue weighted by molar-refractivity contribution is 5.89. The number of amides is 4. The molecule has 0 aliphatic carbocycles. The van der Waals surface area contributed by atoms with Crippen molar-refractivity contribution in [1.29, 1.82) is 0 Å². The van der Waals surface area contributed by atoms with Crippen molar-refractivity contribution >= 4 is 30.1 Å². The Morgan fingerprint density at radius 3 is 1.68 bits per heavy atom. The van der Waals surface area contributed by atoms with Crippen LogP contribution in [0, 0.1) is 0 Å². The van der Waals surface area contributed by atoms with Crippen LogP contribution in [0.5, 0.6) is 0 Å². The van der Waals surface area contributed by atoms with Crippen molar-refractivity contribution in [3.63, 3.8) is 0 Å². The van der Waals surface area contributed by atoms with Crippen LogP contribution in [0.4, 0.5) is 0 Å². The maximum Gasteiger partial charge on any atom is 0.323 e. The molecule has 10 nitrogen and oxygen atoms in total. The zero-order chi connectivity index (χ0) is 17.3. The predicted octanol–water partition coefficient (Wildman–Crippen LogP) is -2.81. The second kappa shape index (κ2) is 9.32.